The normalized spacial score (nSPS) is 29.4. The van der Waals surface area contributed by atoms with Crippen LogP contribution in [0.1, 0.15) is 37.0 Å². The Balaban J connectivity index is 1.34. The molecule has 2 fully saturated rings. The van der Waals surface area contributed by atoms with Crippen LogP contribution in [-0.2, 0) is 9.47 Å². The van der Waals surface area contributed by atoms with Crippen LogP contribution in [0.15, 0.2) is 60.7 Å². The lowest BCUT2D eigenvalue weighted by atomic mass is 9.69. The number of benzene rings is 2. The van der Waals surface area contributed by atoms with Crippen LogP contribution in [0.25, 0.3) is 0 Å². The number of hydrogen-bond acceptors (Lipinski definition) is 4. The van der Waals surface area contributed by atoms with Crippen LogP contribution in [0.4, 0.5) is 10.5 Å². The number of para-hydroxylation sites is 1. The second kappa shape index (κ2) is 8.50. The quantitative estimate of drug-likeness (QED) is 0.652. The van der Waals surface area contributed by atoms with Crippen molar-refractivity contribution in [2.24, 2.45) is 29.1 Å². The second-order valence-corrected chi connectivity index (χ2v) is 8.87. The molecule has 0 heterocycles. The SMILES string of the molecule is CC1C2CC(COC(=O)Nc3ccccc3)(CC2COC(=O)c2ccccc2)C1C. The number of esters is 1. The maximum absolute atomic E-state index is 12.3. The number of amides is 1. The molecule has 1 N–H and O–H groups in total. The van der Waals surface area contributed by atoms with Crippen LogP contribution >= 0.6 is 0 Å². The van der Waals surface area contributed by atoms with E-state index in [0.29, 0.717) is 42.4 Å². The van der Waals surface area contributed by atoms with E-state index in [1.54, 1.807) is 12.1 Å². The van der Waals surface area contributed by atoms with E-state index in [2.05, 4.69) is 19.2 Å². The molecule has 1 amide bonds. The molecule has 2 aromatic rings. The average molecular weight is 408 g/mol. The molecule has 4 rings (SSSR count). The van der Waals surface area contributed by atoms with Crippen molar-refractivity contribution in [3.8, 4) is 0 Å². The lowest BCUT2D eigenvalue weighted by Gasteiger charge is -2.38. The fourth-order valence-corrected chi connectivity index (χ4v) is 5.47. The Labute approximate surface area is 177 Å². The van der Waals surface area contributed by atoms with E-state index in [4.69, 9.17) is 9.47 Å². The summed E-state index contributed by atoms with van der Waals surface area (Å²) in [5.41, 5.74) is 1.27. The number of fused-ring (bicyclic) bond motifs is 2. The number of anilines is 1. The fourth-order valence-electron chi connectivity index (χ4n) is 5.47. The van der Waals surface area contributed by atoms with E-state index in [1.807, 2.05) is 48.5 Å². The molecule has 2 bridgehead atoms. The predicted molar refractivity (Wildman–Crippen MR) is 115 cm³/mol. The van der Waals surface area contributed by atoms with Gasteiger partial charge in [-0.15, -0.1) is 0 Å². The van der Waals surface area contributed by atoms with Crippen molar-refractivity contribution < 1.29 is 19.1 Å². The highest BCUT2D eigenvalue weighted by atomic mass is 16.5. The smallest absolute Gasteiger partial charge is 0.411 e. The Bertz CT molecular complexity index is 885. The largest absolute Gasteiger partial charge is 0.462 e. The highest BCUT2D eigenvalue weighted by Gasteiger charge is 2.59. The van der Waals surface area contributed by atoms with Gasteiger partial charge in [-0.25, -0.2) is 9.59 Å². The van der Waals surface area contributed by atoms with Crippen molar-refractivity contribution in [3.05, 3.63) is 66.2 Å². The van der Waals surface area contributed by atoms with Crippen LogP contribution in [0, 0.1) is 29.1 Å². The number of carbonyl (C=O) groups excluding carboxylic acids is 2. The number of carbonyl (C=O) groups is 2. The van der Waals surface area contributed by atoms with Crippen molar-refractivity contribution in [1.29, 1.82) is 0 Å². The molecule has 5 nitrogen and oxygen atoms in total. The maximum atomic E-state index is 12.3. The van der Waals surface area contributed by atoms with Gasteiger partial charge in [-0.3, -0.25) is 5.32 Å². The summed E-state index contributed by atoms with van der Waals surface area (Å²) in [4.78, 5) is 24.6. The Hall–Kier alpha value is -2.82. The van der Waals surface area contributed by atoms with Crippen molar-refractivity contribution >= 4 is 17.7 Å². The van der Waals surface area contributed by atoms with Gasteiger partial charge in [-0.05, 0) is 60.8 Å². The number of nitrogens with one attached hydrogen (secondary N) is 1. The topological polar surface area (TPSA) is 64.6 Å². The summed E-state index contributed by atoms with van der Waals surface area (Å²) >= 11 is 0. The van der Waals surface area contributed by atoms with Gasteiger partial charge in [0.05, 0.1) is 18.8 Å². The number of rotatable bonds is 6. The minimum Gasteiger partial charge on any atom is -0.462 e. The molecule has 0 spiro atoms. The molecule has 0 aromatic heterocycles. The van der Waals surface area contributed by atoms with Gasteiger partial charge < -0.3 is 9.47 Å². The Morgan fingerprint density at radius 1 is 0.967 bits per heavy atom. The van der Waals surface area contributed by atoms with Gasteiger partial charge in [0.1, 0.15) is 0 Å². The van der Waals surface area contributed by atoms with E-state index in [0.717, 1.165) is 18.5 Å². The van der Waals surface area contributed by atoms with E-state index < -0.39 is 6.09 Å². The van der Waals surface area contributed by atoms with E-state index in [-0.39, 0.29) is 11.4 Å². The third kappa shape index (κ3) is 4.07. The minimum absolute atomic E-state index is 0.0397. The molecule has 30 heavy (non-hydrogen) atoms. The molecular formula is C25H29NO4. The van der Waals surface area contributed by atoms with Crippen LogP contribution in [0.3, 0.4) is 0 Å². The van der Waals surface area contributed by atoms with E-state index >= 15 is 0 Å². The van der Waals surface area contributed by atoms with Gasteiger partial charge in [0.25, 0.3) is 0 Å². The van der Waals surface area contributed by atoms with Crippen LogP contribution < -0.4 is 5.32 Å². The summed E-state index contributed by atoms with van der Waals surface area (Å²) in [6, 6.07) is 18.4. The zero-order valence-electron chi connectivity index (χ0n) is 17.5. The lowest BCUT2D eigenvalue weighted by molar-refractivity contribution is 0.0119. The maximum Gasteiger partial charge on any atom is 0.411 e. The highest BCUT2D eigenvalue weighted by Crippen LogP contribution is 2.62. The summed E-state index contributed by atoms with van der Waals surface area (Å²) in [5.74, 6) is 1.51. The molecule has 0 radical (unpaired) electrons. The lowest BCUT2D eigenvalue weighted by Crippen LogP contribution is -2.37. The molecule has 5 atom stereocenters. The molecule has 5 heteroatoms. The molecule has 2 aromatic carbocycles. The fraction of sp³-hybridized carbons (Fsp3) is 0.440. The second-order valence-electron chi connectivity index (χ2n) is 8.87. The molecule has 2 aliphatic carbocycles. The molecular weight excluding hydrogens is 378 g/mol. The van der Waals surface area contributed by atoms with Crippen molar-refractivity contribution in [1.82, 2.24) is 0 Å². The first-order valence-electron chi connectivity index (χ1n) is 10.7. The summed E-state index contributed by atoms with van der Waals surface area (Å²) in [5, 5.41) is 2.79. The Morgan fingerprint density at radius 3 is 2.33 bits per heavy atom. The third-order valence-electron chi connectivity index (χ3n) is 7.30. The van der Waals surface area contributed by atoms with E-state index in [1.165, 1.54) is 0 Å². The molecule has 2 saturated carbocycles. The zero-order chi connectivity index (χ0) is 21.1. The predicted octanol–water partition coefficient (Wildman–Crippen LogP) is 5.39. The van der Waals surface area contributed by atoms with Gasteiger partial charge in [-0.1, -0.05) is 50.2 Å². The first-order valence-corrected chi connectivity index (χ1v) is 10.7. The third-order valence-corrected chi connectivity index (χ3v) is 7.30. The van der Waals surface area contributed by atoms with Crippen LogP contribution in [0.5, 0.6) is 0 Å². The number of ether oxygens (including phenoxy) is 2. The standard InChI is InChI=1S/C25H29NO4/c1-17-18(2)25(16-30-24(28)26-21-11-7-4-8-12-21)13-20(22(17)14-25)15-29-23(27)19-9-5-3-6-10-19/h3-12,17-18,20,22H,13-16H2,1-2H3,(H,26,28). The zero-order valence-corrected chi connectivity index (χ0v) is 17.5. The minimum atomic E-state index is -0.419. The molecule has 2 aliphatic rings. The monoisotopic (exact) mass is 407 g/mol. The van der Waals surface area contributed by atoms with Crippen LogP contribution in [-0.4, -0.2) is 25.3 Å². The Morgan fingerprint density at radius 2 is 1.63 bits per heavy atom. The van der Waals surface area contributed by atoms with Gasteiger partial charge in [0.15, 0.2) is 0 Å². The highest BCUT2D eigenvalue weighted by molar-refractivity contribution is 5.89. The van der Waals surface area contributed by atoms with Gasteiger partial charge in [0, 0.05) is 11.1 Å². The summed E-state index contributed by atoms with van der Waals surface area (Å²) < 4.78 is 11.3. The molecule has 158 valence electrons. The van der Waals surface area contributed by atoms with Crippen molar-refractivity contribution in [2.75, 3.05) is 18.5 Å². The summed E-state index contributed by atoms with van der Waals surface area (Å²) in [7, 11) is 0. The summed E-state index contributed by atoms with van der Waals surface area (Å²) in [6.07, 6.45) is 1.52. The first-order chi connectivity index (χ1) is 14.5. The molecule has 0 saturated heterocycles. The first kappa shape index (κ1) is 20.5. The summed E-state index contributed by atoms with van der Waals surface area (Å²) in [6.45, 7) is 5.35. The van der Waals surface area contributed by atoms with Crippen molar-refractivity contribution in [2.45, 2.75) is 26.7 Å². The van der Waals surface area contributed by atoms with Crippen molar-refractivity contribution in [3.63, 3.8) is 0 Å². The Kier molecular flexibility index (Phi) is 5.80. The number of hydrogen-bond donors (Lipinski definition) is 1. The van der Waals surface area contributed by atoms with Crippen LogP contribution in [0.2, 0.25) is 0 Å². The average Bonchev–Trinajstić information content (AvgIpc) is 3.26. The molecule has 5 unspecified atom stereocenters. The molecule has 0 aliphatic heterocycles. The van der Waals surface area contributed by atoms with Gasteiger partial charge in [-0.2, -0.15) is 0 Å². The van der Waals surface area contributed by atoms with E-state index in [9.17, 15) is 9.59 Å². The van der Waals surface area contributed by atoms with Gasteiger partial charge >= 0.3 is 12.1 Å². The van der Waals surface area contributed by atoms with Gasteiger partial charge in [0.2, 0.25) is 0 Å².